The molecule has 1 heterocycles. The molecule has 4 heteroatoms. The second-order valence-corrected chi connectivity index (χ2v) is 5.94. The summed E-state index contributed by atoms with van der Waals surface area (Å²) < 4.78 is 5.66. The molecule has 0 aliphatic carbocycles. The number of ether oxygens (including phenoxy) is 1. The van der Waals surface area contributed by atoms with E-state index in [1.54, 1.807) is 0 Å². The van der Waals surface area contributed by atoms with Gasteiger partial charge in [-0.3, -0.25) is 4.90 Å². The van der Waals surface area contributed by atoms with Gasteiger partial charge in [0.05, 0.1) is 0 Å². The molecule has 1 aromatic rings. The highest BCUT2D eigenvalue weighted by atomic mass is 16.5. The van der Waals surface area contributed by atoms with Gasteiger partial charge in [0.15, 0.2) is 0 Å². The van der Waals surface area contributed by atoms with E-state index in [0.717, 1.165) is 30.7 Å². The summed E-state index contributed by atoms with van der Waals surface area (Å²) in [5, 5.41) is 19.3. The van der Waals surface area contributed by atoms with Crippen LogP contribution < -0.4 is 4.74 Å². The third kappa shape index (κ3) is 5.30. The number of nitrogens with zero attached hydrogens (tertiary/aromatic N) is 1. The highest BCUT2D eigenvalue weighted by molar-refractivity contribution is 5.27. The minimum Gasteiger partial charge on any atom is -0.491 e. The molecule has 2 atom stereocenters. The van der Waals surface area contributed by atoms with E-state index in [9.17, 15) is 5.11 Å². The summed E-state index contributed by atoms with van der Waals surface area (Å²) in [6.07, 6.45) is 3.81. The third-order valence-electron chi connectivity index (χ3n) is 4.09. The van der Waals surface area contributed by atoms with Gasteiger partial charge >= 0.3 is 0 Å². The van der Waals surface area contributed by atoms with E-state index in [2.05, 4.69) is 4.90 Å². The van der Waals surface area contributed by atoms with Crippen LogP contribution in [-0.4, -0.2) is 53.6 Å². The van der Waals surface area contributed by atoms with Gasteiger partial charge in [0.2, 0.25) is 0 Å². The van der Waals surface area contributed by atoms with E-state index >= 15 is 0 Å². The van der Waals surface area contributed by atoms with E-state index in [1.807, 2.05) is 31.2 Å². The molecule has 0 bridgehead atoms. The number of likely N-dealkylation sites (tertiary alicyclic amines) is 1. The van der Waals surface area contributed by atoms with E-state index < -0.39 is 6.10 Å². The number of hydrogen-bond donors (Lipinski definition) is 2. The molecule has 1 fully saturated rings. The number of β-amino-alcohol motifs (C(OH)–C–C–N with tert-alkyl or cyclic N) is 1. The highest BCUT2D eigenvalue weighted by Gasteiger charge is 2.24. The Morgan fingerprint density at radius 2 is 2.24 bits per heavy atom. The van der Waals surface area contributed by atoms with Crippen LogP contribution in [0.15, 0.2) is 24.3 Å². The van der Waals surface area contributed by atoms with Gasteiger partial charge in [-0.15, -0.1) is 0 Å². The van der Waals surface area contributed by atoms with Crippen molar-refractivity contribution in [1.29, 1.82) is 0 Å². The minimum atomic E-state index is -0.496. The van der Waals surface area contributed by atoms with Gasteiger partial charge in [0, 0.05) is 19.2 Å². The van der Waals surface area contributed by atoms with Gasteiger partial charge in [-0.25, -0.2) is 0 Å². The second-order valence-electron chi connectivity index (χ2n) is 5.94. The van der Waals surface area contributed by atoms with E-state index in [4.69, 9.17) is 9.84 Å². The quantitative estimate of drug-likeness (QED) is 0.807. The summed E-state index contributed by atoms with van der Waals surface area (Å²) in [5.41, 5.74) is 1.15. The Kier molecular flexibility index (Phi) is 6.49. The third-order valence-corrected chi connectivity index (χ3v) is 4.09. The molecule has 1 aliphatic heterocycles. The molecular formula is C17H27NO3. The first-order chi connectivity index (χ1) is 10.2. The normalized spacial score (nSPS) is 21.2. The lowest BCUT2D eigenvalue weighted by molar-refractivity contribution is 0.0332. The predicted molar refractivity (Wildman–Crippen MR) is 83.6 cm³/mol. The first-order valence-electron chi connectivity index (χ1n) is 7.91. The van der Waals surface area contributed by atoms with Crippen molar-refractivity contribution in [2.24, 2.45) is 0 Å². The SMILES string of the molecule is Cc1cccc(OC[C@H](O)CN2CCCC[C@@H]2CCO)c1. The maximum atomic E-state index is 10.2. The number of piperidine rings is 1. The lowest BCUT2D eigenvalue weighted by Gasteiger charge is -2.36. The fraction of sp³-hybridized carbons (Fsp3) is 0.647. The van der Waals surface area contributed by atoms with Crippen molar-refractivity contribution in [1.82, 2.24) is 4.90 Å². The number of hydrogen-bond acceptors (Lipinski definition) is 4. The Bertz CT molecular complexity index is 422. The van der Waals surface area contributed by atoms with Crippen LogP contribution in [0.25, 0.3) is 0 Å². The van der Waals surface area contributed by atoms with Crippen LogP contribution in [0.3, 0.4) is 0 Å². The largest absolute Gasteiger partial charge is 0.491 e. The van der Waals surface area contributed by atoms with Crippen LogP contribution in [0.1, 0.15) is 31.2 Å². The van der Waals surface area contributed by atoms with Crippen molar-refractivity contribution in [3.8, 4) is 5.75 Å². The molecular weight excluding hydrogens is 266 g/mol. The van der Waals surface area contributed by atoms with E-state index in [0.29, 0.717) is 19.2 Å². The molecule has 1 aliphatic rings. The summed E-state index contributed by atoms with van der Waals surface area (Å²) in [4.78, 5) is 2.30. The Balaban J connectivity index is 1.78. The summed E-state index contributed by atoms with van der Waals surface area (Å²) in [6.45, 7) is 4.18. The Morgan fingerprint density at radius 1 is 1.38 bits per heavy atom. The molecule has 0 unspecified atom stereocenters. The number of aryl methyl sites for hydroxylation is 1. The zero-order valence-corrected chi connectivity index (χ0v) is 12.9. The summed E-state index contributed by atoms with van der Waals surface area (Å²) in [6, 6.07) is 8.27. The molecule has 1 saturated heterocycles. The highest BCUT2D eigenvalue weighted by Crippen LogP contribution is 2.20. The van der Waals surface area contributed by atoms with Crippen LogP contribution in [0.4, 0.5) is 0 Å². The molecule has 1 aromatic carbocycles. The standard InChI is InChI=1S/C17H27NO3/c1-14-5-4-7-17(11-14)21-13-16(20)12-18-9-3-2-6-15(18)8-10-19/h4-5,7,11,15-16,19-20H,2-3,6,8-10,12-13H2,1H3/t15-,16-/m1/s1. The van der Waals surface area contributed by atoms with Crippen molar-refractivity contribution < 1.29 is 14.9 Å². The first-order valence-corrected chi connectivity index (χ1v) is 7.91. The van der Waals surface area contributed by atoms with Crippen LogP contribution in [0.5, 0.6) is 5.75 Å². The van der Waals surface area contributed by atoms with E-state index in [1.165, 1.54) is 12.8 Å². The second kappa shape index (κ2) is 8.37. The molecule has 0 saturated carbocycles. The topological polar surface area (TPSA) is 52.9 Å². The summed E-state index contributed by atoms with van der Waals surface area (Å²) in [5.74, 6) is 0.805. The molecule has 4 nitrogen and oxygen atoms in total. The Hall–Kier alpha value is -1.10. The van der Waals surface area contributed by atoms with Gasteiger partial charge in [0.25, 0.3) is 0 Å². The van der Waals surface area contributed by atoms with Crippen molar-refractivity contribution in [3.63, 3.8) is 0 Å². The number of rotatable bonds is 7. The predicted octanol–water partition coefficient (Wildman–Crippen LogP) is 1.97. The molecule has 2 N–H and O–H groups in total. The van der Waals surface area contributed by atoms with Crippen molar-refractivity contribution in [3.05, 3.63) is 29.8 Å². The van der Waals surface area contributed by atoms with Crippen LogP contribution in [-0.2, 0) is 0 Å². The lowest BCUT2D eigenvalue weighted by atomic mass is 9.99. The molecule has 0 spiro atoms. The van der Waals surface area contributed by atoms with Crippen LogP contribution in [0, 0.1) is 6.92 Å². The summed E-state index contributed by atoms with van der Waals surface area (Å²) >= 11 is 0. The van der Waals surface area contributed by atoms with Crippen LogP contribution in [0.2, 0.25) is 0 Å². The molecule has 21 heavy (non-hydrogen) atoms. The first kappa shape index (κ1) is 16.3. The maximum Gasteiger partial charge on any atom is 0.119 e. The molecule has 118 valence electrons. The van der Waals surface area contributed by atoms with Gasteiger partial charge in [-0.2, -0.15) is 0 Å². The Labute approximate surface area is 127 Å². The number of aliphatic hydroxyl groups is 2. The number of benzene rings is 1. The molecule has 0 radical (unpaired) electrons. The summed E-state index contributed by atoms with van der Waals surface area (Å²) in [7, 11) is 0. The zero-order valence-electron chi connectivity index (χ0n) is 12.9. The fourth-order valence-electron chi connectivity index (χ4n) is 3.00. The average Bonchev–Trinajstić information content (AvgIpc) is 2.48. The average molecular weight is 293 g/mol. The van der Waals surface area contributed by atoms with Crippen LogP contribution >= 0.6 is 0 Å². The zero-order chi connectivity index (χ0) is 15.1. The molecule has 0 amide bonds. The number of aliphatic hydroxyl groups excluding tert-OH is 2. The smallest absolute Gasteiger partial charge is 0.119 e. The van der Waals surface area contributed by atoms with Crippen molar-refractivity contribution in [2.75, 3.05) is 26.3 Å². The Morgan fingerprint density at radius 3 is 3.00 bits per heavy atom. The monoisotopic (exact) mass is 293 g/mol. The molecule has 2 rings (SSSR count). The van der Waals surface area contributed by atoms with Crippen molar-refractivity contribution in [2.45, 2.75) is 44.8 Å². The fourth-order valence-corrected chi connectivity index (χ4v) is 3.00. The van der Waals surface area contributed by atoms with Gasteiger partial charge in [-0.05, 0) is 50.4 Å². The van der Waals surface area contributed by atoms with Gasteiger partial charge in [-0.1, -0.05) is 18.6 Å². The minimum absolute atomic E-state index is 0.219. The van der Waals surface area contributed by atoms with Gasteiger partial charge < -0.3 is 14.9 Å². The van der Waals surface area contributed by atoms with Crippen molar-refractivity contribution >= 4 is 0 Å². The van der Waals surface area contributed by atoms with Gasteiger partial charge in [0.1, 0.15) is 18.5 Å². The molecule has 0 aromatic heterocycles. The lowest BCUT2D eigenvalue weighted by Crippen LogP contribution is -2.45. The van der Waals surface area contributed by atoms with E-state index in [-0.39, 0.29) is 6.61 Å². The maximum absolute atomic E-state index is 10.2.